The minimum absolute atomic E-state index is 0.293. The molecular formula is C23H25Cl2NO4. The molecule has 0 unspecified atom stereocenters. The summed E-state index contributed by atoms with van der Waals surface area (Å²) in [6.07, 6.45) is 0.736. The molecule has 0 bridgehead atoms. The summed E-state index contributed by atoms with van der Waals surface area (Å²) in [6, 6.07) is 9.60. The molecule has 0 N–H and O–H groups in total. The van der Waals surface area contributed by atoms with Crippen molar-refractivity contribution in [2.75, 3.05) is 31.3 Å². The molecule has 0 saturated carbocycles. The largest absolute Gasteiger partial charge is 0.491 e. The number of hydrogen-bond acceptors (Lipinski definition) is 4. The Morgan fingerprint density at radius 2 is 1.90 bits per heavy atom. The van der Waals surface area contributed by atoms with Crippen LogP contribution in [-0.2, 0) is 20.1 Å². The normalized spacial score (nSPS) is 17.7. The molecule has 5 nitrogen and oxygen atoms in total. The van der Waals surface area contributed by atoms with Crippen molar-refractivity contribution in [1.82, 2.24) is 0 Å². The van der Waals surface area contributed by atoms with Gasteiger partial charge in [-0.15, -0.1) is 0 Å². The van der Waals surface area contributed by atoms with Gasteiger partial charge in [-0.2, -0.15) is 0 Å². The van der Waals surface area contributed by atoms with E-state index >= 15 is 0 Å². The van der Waals surface area contributed by atoms with E-state index in [2.05, 4.69) is 26.0 Å². The van der Waals surface area contributed by atoms with Crippen molar-refractivity contribution in [3.8, 4) is 5.75 Å². The number of nitrogens with zero attached hydrogens (tertiary/aromatic N) is 1. The van der Waals surface area contributed by atoms with Crippen LogP contribution in [-0.4, -0.2) is 32.3 Å². The lowest BCUT2D eigenvalue weighted by Gasteiger charge is -2.32. The van der Waals surface area contributed by atoms with E-state index in [1.807, 2.05) is 13.0 Å². The van der Waals surface area contributed by atoms with Gasteiger partial charge in [0.15, 0.2) is 0 Å². The maximum absolute atomic E-state index is 13.4. The van der Waals surface area contributed by atoms with Crippen molar-refractivity contribution < 1.29 is 19.0 Å². The topological polar surface area (TPSA) is 48.0 Å². The highest BCUT2D eigenvalue weighted by molar-refractivity contribution is 6.44. The number of ether oxygens (including phenoxy) is 3. The summed E-state index contributed by atoms with van der Waals surface area (Å²) < 4.78 is 17.8. The molecule has 2 heterocycles. The molecule has 0 aromatic heterocycles. The van der Waals surface area contributed by atoms with E-state index in [-0.39, 0.29) is 5.91 Å². The average Bonchev–Trinajstić information content (AvgIpc) is 2.94. The number of aryl methyl sites for hydroxylation is 1. The molecule has 0 radical (unpaired) electrons. The first-order valence-corrected chi connectivity index (χ1v) is 10.9. The molecule has 2 aromatic rings. The van der Waals surface area contributed by atoms with Gasteiger partial charge in [0.1, 0.15) is 12.4 Å². The van der Waals surface area contributed by atoms with Gasteiger partial charge < -0.3 is 19.1 Å². The van der Waals surface area contributed by atoms with E-state index in [1.54, 1.807) is 17.0 Å². The number of benzene rings is 2. The fraction of sp³-hybridized carbons (Fsp3) is 0.435. The SMILES string of the molecule is Cc1ccc(C(C)C)c(OCCN2C(=O)C3(OCCCO3)c3ccc(Cl)c(Cl)c32)c1. The van der Waals surface area contributed by atoms with Gasteiger partial charge in [0, 0.05) is 5.56 Å². The monoisotopic (exact) mass is 449 g/mol. The Bertz CT molecular complexity index is 970. The predicted octanol–water partition coefficient (Wildman–Crippen LogP) is 5.44. The molecule has 4 rings (SSSR count). The Kier molecular flexibility index (Phi) is 5.99. The maximum Gasteiger partial charge on any atom is 0.292 e. The Balaban J connectivity index is 1.61. The van der Waals surface area contributed by atoms with E-state index in [0.29, 0.717) is 53.6 Å². The van der Waals surface area contributed by atoms with Crippen LogP contribution in [0.1, 0.15) is 42.9 Å². The van der Waals surface area contributed by atoms with E-state index in [9.17, 15) is 4.79 Å². The molecule has 30 heavy (non-hydrogen) atoms. The Morgan fingerprint density at radius 3 is 2.60 bits per heavy atom. The van der Waals surface area contributed by atoms with Crippen molar-refractivity contribution in [2.24, 2.45) is 0 Å². The first-order valence-electron chi connectivity index (χ1n) is 10.2. The van der Waals surface area contributed by atoms with E-state index in [1.165, 1.54) is 0 Å². The number of amides is 1. The quantitative estimate of drug-likeness (QED) is 0.609. The second-order valence-electron chi connectivity index (χ2n) is 7.93. The molecule has 2 aromatic carbocycles. The highest BCUT2D eigenvalue weighted by Gasteiger charge is 2.55. The number of carbonyl (C=O) groups excluding carboxylic acids is 1. The molecule has 2 aliphatic heterocycles. The number of halogens is 2. The summed E-state index contributed by atoms with van der Waals surface area (Å²) in [5, 5.41) is 0.693. The molecular weight excluding hydrogens is 425 g/mol. The average molecular weight is 450 g/mol. The van der Waals surface area contributed by atoms with Crippen LogP contribution >= 0.6 is 23.2 Å². The minimum atomic E-state index is -1.45. The summed E-state index contributed by atoms with van der Waals surface area (Å²) in [5.41, 5.74) is 3.38. The molecule has 2 aliphatic rings. The molecule has 1 fully saturated rings. The lowest BCUT2D eigenvalue weighted by Crippen LogP contribution is -2.48. The van der Waals surface area contributed by atoms with Gasteiger partial charge in [-0.25, -0.2) is 0 Å². The highest BCUT2D eigenvalue weighted by atomic mass is 35.5. The van der Waals surface area contributed by atoms with Crippen LogP contribution < -0.4 is 9.64 Å². The third-order valence-corrected chi connectivity index (χ3v) is 6.28. The standard InChI is InChI=1S/C23H25Cl2NO4/c1-14(2)16-6-5-15(3)13-19(16)28-12-9-26-21-17(7-8-18(24)20(21)25)23(22(26)27)29-10-4-11-30-23/h5-8,13-14H,4,9-12H2,1-3H3. The van der Waals surface area contributed by atoms with Gasteiger partial charge in [0.25, 0.3) is 11.7 Å². The van der Waals surface area contributed by atoms with Crippen LogP contribution in [0.3, 0.4) is 0 Å². The molecule has 160 valence electrons. The zero-order valence-corrected chi connectivity index (χ0v) is 18.8. The van der Waals surface area contributed by atoms with Gasteiger partial charge in [-0.1, -0.05) is 49.2 Å². The van der Waals surface area contributed by atoms with Gasteiger partial charge >= 0.3 is 0 Å². The van der Waals surface area contributed by atoms with Crippen molar-refractivity contribution in [3.05, 3.63) is 57.1 Å². The third-order valence-electron chi connectivity index (χ3n) is 5.48. The lowest BCUT2D eigenvalue weighted by atomic mass is 10.0. The fourth-order valence-electron chi connectivity index (χ4n) is 3.98. The van der Waals surface area contributed by atoms with Crippen molar-refractivity contribution in [2.45, 2.75) is 38.9 Å². The first kappa shape index (κ1) is 21.4. The first-order chi connectivity index (χ1) is 14.3. The maximum atomic E-state index is 13.4. The summed E-state index contributed by atoms with van der Waals surface area (Å²) >= 11 is 12.8. The van der Waals surface area contributed by atoms with Gasteiger partial charge in [0.05, 0.1) is 35.5 Å². The number of anilines is 1. The predicted molar refractivity (Wildman–Crippen MR) is 118 cm³/mol. The summed E-state index contributed by atoms with van der Waals surface area (Å²) in [7, 11) is 0. The summed E-state index contributed by atoms with van der Waals surface area (Å²) in [6.45, 7) is 7.76. The zero-order chi connectivity index (χ0) is 21.5. The highest BCUT2D eigenvalue weighted by Crippen LogP contribution is 2.50. The van der Waals surface area contributed by atoms with Crippen LogP contribution in [0, 0.1) is 6.92 Å². The van der Waals surface area contributed by atoms with Gasteiger partial charge in [0.2, 0.25) is 0 Å². The number of carbonyl (C=O) groups is 1. The van der Waals surface area contributed by atoms with Gasteiger partial charge in [-0.05, 0) is 48.6 Å². The van der Waals surface area contributed by atoms with E-state index < -0.39 is 5.79 Å². The Morgan fingerprint density at radius 1 is 1.17 bits per heavy atom. The van der Waals surface area contributed by atoms with Crippen LogP contribution in [0.5, 0.6) is 5.75 Å². The third kappa shape index (κ3) is 3.58. The van der Waals surface area contributed by atoms with Crippen molar-refractivity contribution in [3.63, 3.8) is 0 Å². The number of hydrogen-bond donors (Lipinski definition) is 0. The summed E-state index contributed by atoms with van der Waals surface area (Å²) in [5.74, 6) is -0.587. The Hall–Kier alpha value is -1.79. The van der Waals surface area contributed by atoms with Crippen molar-refractivity contribution >= 4 is 34.8 Å². The van der Waals surface area contributed by atoms with Gasteiger partial charge in [-0.3, -0.25) is 4.79 Å². The molecule has 0 aliphatic carbocycles. The lowest BCUT2D eigenvalue weighted by molar-refractivity contribution is -0.256. The molecule has 1 spiro atoms. The number of fused-ring (bicyclic) bond motifs is 2. The van der Waals surface area contributed by atoms with Crippen LogP contribution in [0.25, 0.3) is 0 Å². The smallest absolute Gasteiger partial charge is 0.292 e. The van der Waals surface area contributed by atoms with Crippen molar-refractivity contribution in [1.29, 1.82) is 0 Å². The van der Waals surface area contributed by atoms with Crippen LogP contribution in [0.4, 0.5) is 5.69 Å². The number of rotatable bonds is 5. The molecule has 7 heteroatoms. The second kappa shape index (κ2) is 8.39. The van der Waals surface area contributed by atoms with E-state index in [0.717, 1.165) is 23.3 Å². The van der Waals surface area contributed by atoms with E-state index in [4.69, 9.17) is 37.4 Å². The molecule has 0 atom stereocenters. The Labute approximate surface area is 186 Å². The zero-order valence-electron chi connectivity index (χ0n) is 17.3. The molecule has 1 amide bonds. The second-order valence-corrected chi connectivity index (χ2v) is 8.71. The minimum Gasteiger partial charge on any atom is -0.491 e. The van der Waals surface area contributed by atoms with Crippen LogP contribution in [0.2, 0.25) is 10.0 Å². The molecule has 1 saturated heterocycles. The fourth-order valence-corrected chi connectivity index (χ4v) is 4.40. The summed E-state index contributed by atoms with van der Waals surface area (Å²) in [4.78, 5) is 15.0. The van der Waals surface area contributed by atoms with Crippen LogP contribution in [0.15, 0.2) is 30.3 Å².